The van der Waals surface area contributed by atoms with Gasteiger partial charge in [-0.1, -0.05) is 30.9 Å². The third-order valence-electron chi connectivity index (χ3n) is 3.57. The Morgan fingerprint density at radius 2 is 2.10 bits per heavy atom. The van der Waals surface area contributed by atoms with Crippen molar-refractivity contribution in [1.82, 2.24) is 5.32 Å². The third-order valence-corrected chi connectivity index (χ3v) is 4.42. The lowest BCUT2D eigenvalue weighted by Gasteiger charge is -2.21. The van der Waals surface area contributed by atoms with Gasteiger partial charge in [-0.2, -0.15) is 0 Å². The van der Waals surface area contributed by atoms with E-state index in [0.717, 1.165) is 11.0 Å². The molecule has 1 saturated carbocycles. The summed E-state index contributed by atoms with van der Waals surface area (Å²) in [6, 6.07) is 5.24. The third kappa shape index (κ3) is 4.98. The first-order valence-corrected chi connectivity index (χ1v) is 8.17. The van der Waals surface area contributed by atoms with E-state index in [1.165, 1.54) is 32.1 Å². The van der Waals surface area contributed by atoms with Crippen molar-refractivity contribution in [2.24, 2.45) is 5.92 Å². The summed E-state index contributed by atoms with van der Waals surface area (Å²) in [4.78, 5) is 11.8. The van der Waals surface area contributed by atoms with Gasteiger partial charge < -0.3 is 10.1 Å². The van der Waals surface area contributed by atoms with Gasteiger partial charge in [0, 0.05) is 11.6 Å². The molecule has 1 aromatic rings. The van der Waals surface area contributed by atoms with E-state index in [1.807, 2.05) is 0 Å². The summed E-state index contributed by atoms with van der Waals surface area (Å²) in [6.07, 6.45) is 6.36. The number of carbonyl (C=O) groups excluding carboxylic acids is 1. The quantitative estimate of drug-likeness (QED) is 0.855. The summed E-state index contributed by atoms with van der Waals surface area (Å²) in [7, 11) is 0. The standard InChI is InChI=1S/C15H19BrClNO2/c16-13-8-12(17)6-7-14(13)20-10-15(19)18-9-11-4-2-1-3-5-11/h6-8,11H,1-5,9-10H2,(H,18,19). The highest BCUT2D eigenvalue weighted by Gasteiger charge is 2.14. The molecule has 110 valence electrons. The van der Waals surface area contributed by atoms with Crippen LogP contribution >= 0.6 is 27.5 Å². The molecular formula is C15H19BrClNO2. The van der Waals surface area contributed by atoms with Gasteiger partial charge in [0.05, 0.1) is 4.47 Å². The van der Waals surface area contributed by atoms with Gasteiger partial charge in [0.2, 0.25) is 0 Å². The van der Waals surface area contributed by atoms with Crippen molar-refractivity contribution in [2.75, 3.05) is 13.2 Å². The van der Waals surface area contributed by atoms with Crippen molar-refractivity contribution in [3.05, 3.63) is 27.7 Å². The number of rotatable bonds is 5. The molecule has 0 bridgehead atoms. The first kappa shape index (κ1) is 15.6. The Balaban J connectivity index is 1.71. The van der Waals surface area contributed by atoms with Gasteiger partial charge >= 0.3 is 0 Å². The van der Waals surface area contributed by atoms with Gasteiger partial charge in [0.1, 0.15) is 5.75 Å². The van der Waals surface area contributed by atoms with Crippen LogP contribution in [-0.2, 0) is 4.79 Å². The largest absolute Gasteiger partial charge is 0.483 e. The zero-order valence-corrected chi connectivity index (χ0v) is 13.7. The number of amides is 1. The minimum absolute atomic E-state index is 0.0347. The van der Waals surface area contributed by atoms with Crippen LogP contribution in [0, 0.1) is 5.92 Å². The molecule has 5 heteroatoms. The SMILES string of the molecule is O=C(COc1ccc(Cl)cc1Br)NCC1CCCCC1. The first-order valence-electron chi connectivity index (χ1n) is 6.99. The van der Waals surface area contributed by atoms with Crippen LogP contribution < -0.4 is 10.1 Å². The molecule has 1 fully saturated rings. The first-order chi connectivity index (χ1) is 9.65. The molecule has 1 aromatic carbocycles. The second-order valence-corrected chi connectivity index (χ2v) is 6.46. The van der Waals surface area contributed by atoms with Crippen LogP contribution in [0.1, 0.15) is 32.1 Å². The lowest BCUT2D eigenvalue weighted by Crippen LogP contribution is -2.33. The Kier molecular flexibility index (Phi) is 6.17. The molecule has 1 amide bonds. The van der Waals surface area contributed by atoms with Crippen molar-refractivity contribution in [2.45, 2.75) is 32.1 Å². The number of carbonyl (C=O) groups is 1. The van der Waals surface area contributed by atoms with E-state index in [2.05, 4.69) is 21.2 Å². The van der Waals surface area contributed by atoms with E-state index in [0.29, 0.717) is 16.7 Å². The van der Waals surface area contributed by atoms with Crippen LogP contribution in [-0.4, -0.2) is 19.1 Å². The predicted octanol–water partition coefficient (Wildman–Crippen LogP) is 4.18. The number of hydrogen-bond acceptors (Lipinski definition) is 2. The predicted molar refractivity (Wildman–Crippen MR) is 84.2 cm³/mol. The van der Waals surface area contributed by atoms with Crippen molar-refractivity contribution in [3.8, 4) is 5.75 Å². The molecule has 1 aliphatic carbocycles. The van der Waals surface area contributed by atoms with Crippen molar-refractivity contribution < 1.29 is 9.53 Å². The van der Waals surface area contributed by atoms with Gasteiger partial charge in [0.15, 0.2) is 6.61 Å². The number of nitrogens with one attached hydrogen (secondary N) is 1. The summed E-state index contributed by atoms with van der Waals surface area (Å²) in [6.45, 7) is 0.803. The Morgan fingerprint density at radius 1 is 1.35 bits per heavy atom. The number of ether oxygens (including phenoxy) is 1. The molecule has 20 heavy (non-hydrogen) atoms. The minimum Gasteiger partial charge on any atom is -0.483 e. The van der Waals surface area contributed by atoms with Crippen molar-refractivity contribution >= 4 is 33.4 Å². The monoisotopic (exact) mass is 359 g/mol. The molecule has 0 aliphatic heterocycles. The van der Waals surface area contributed by atoms with Gasteiger partial charge in [-0.15, -0.1) is 0 Å². The Morgan fingerprint density at radius 3 is 2.80 bits per heavy atom. The highest BCUT2D eigenvalue weighted by atomic mass is 79.9. The fourth-order valence-corrected chi connectivity index (χ4v) is 3.23. The molecule has 3 nitrogen and oxygen atoms in total. The Hall–Kier alpha value is -0.740. The highest BCUT2D eigenvalue weighted by Crippen LogP contribution is 2.27. The highest BCUT2D eigenvalue weighted by molar-refractivity contribution is 9.10. The molecule has 0 heterocycles. The van der Waals surface area contributed by atoms with E-state index in [9.17, 15) is 4.79 Å². The smallest absolute Gasteiger partial charge is 0.257 e. The van der Waals surface area contributed by atoms with Crippen LogP contribution in [0.4, 0.5) is 0 Å². The zero-order chi connectivity index (χ0) is 14.4. The van der Waals surface area contributed by atoms with Gasteiger partial charge in [-0.3, -0.25) is 4.79 Å². The van der Waals surface area contributed by atoms with E-state index < -0.39 is 0 Å². The van der Waals surface area contributed by atoms with Crippen LogP contribution in [0.15, 0.2) is 22.7 Å². The van der Waals surface area contributed by atoms with E-state index >= 15 is 0 Å². The van der Waals surface area contributed by atoms with E-state index in [-0.39, 0.29) is 12.5 Å². The maximum Gasteiger partial charge on any atom is 0.257 e. The Bertz CT molecular complexity index is 461. The number of benzene rings is 1. The molecule has 0 saturated heterocycles. The Labute approximate surface area is 133 Å². The molecule has 0 spiro atoms. The fourth-order valence-electron chi connectivity index (χ4n) is 2.44. The molecule has 2 rings (SSSR count). The second kappa shape index (κ2) is 7.89. The topological polar surface area (TPSA) is 38.3 Å². The number of hydrogen-bond donors (Lipinski definition) is 1. The summed E-state index contributed by atoms with van der Waals surface area (Å²) >= 11 is 9.21. The van der Waals surface area contributed by atoms with E-state index in [1.54, 1.807) is 18.2 Å². The number of halogens is 2. The lowest BCUT2D eigenvalue weighted by atomic mass is 9.89. The fraction of sp³-hybridized carbons (Fsp3) is 0.533. The maximum atomic E-state index is 11.8. The molecule has 1 aliphatic rings. The van der Waals surface area contributed by atoms with Crippen LogP contribution in [0.5, 0.6) is 5.75 Å². The van der Waals surface area contributed by atoms with Gasteiger partial charge in [0.25, 0.3) is 5.91 Å². The summed E-state index contributed by atoms with van der Waals surface area (Å²) in [5.41, 5.74) is 0. The van der Waals surface area contributed by atoms with Crippen LogP contribution in [0.25, 0.3) is 0 Å². The van der Waals surface area contributed by atoms with Crippen LogP contribution in [0.3, 0.4) is 0 Å². The summed E-state index contributed by atoms with van der Waals surface area (Å²) in [5, 5.41) is 3.58. The molecule has 0 aromatic heterocycles. The lowest BCUT2D eigenvalue weighted by molar-refractivity contribution is -0.123. The van der Waals surface area contributed by atoms with Gasteiger partial charge in [-0.05, 0) is 52.9 Å². The summed E-state index contributed by atoms with van der Waals surface area (Å²) in [5.74, 6) is 1.19. The zero-order valence-electron chi connectivity index (χ0n) is 11.3. The molecule has 0 radical (unpaired) electrons. The minimum atomic E-state index is -0.0718. The molecular weight excluding hydrogens is 342 g/mol. The van der Waals surface area contributed by atoms with Gasteiger partial charge in [-0.25, -0.2) is 0 Å². The normalized spacial score (nSPS) is 15.9. The average molecular weight is 361 g/mol. The van der Waals surface area contributed by atoms with Crippen molar-refractivity contribution in [1.29, 1.82) is 0 Å². The molecule has 0 unspecified atom stereocenters. The summed E-state index contributed by atoms with van der Waals surface area (Å²) < 4.78 is 6.23. The van der Waals surface area contributed by atoms with E-state index in [4.69, 9.17) is 16.3 Å². The average Bonchev–Trinajstić information content (AvgIpc) is 2.45. The van der Waals surface area contributed by atoms with Crippen molar-refractivity contribution in [3.63, 3.8) is 0 Å². The second-order valence-electron chi connectivity index (χ2n) is 5.17. The molecule has 1 N–H and O–H groups in total. The van der Waals surface area contributed by atoms with Crippen LogP contribution in [0.2, 0.25) is 5.02 Å². The maximum absolute atomic E-state index is 11.8. The molecule has 0 atom stereocenters.